The van der Waals surface area contributed by atoms with Crippen LogP contribution in [0.5, 0.6) is 0 Å². The minimum Gasteiger partial charge on any atom is -0.391 e. The van der Waals surface area contributed by atoms with Crippen LogP contribution in [0.3, 0.4) is 0 Å². The molecule has 2 N–H and O–H groups in total. The molecule has 0 aromatic rings. The van der Waals surface area contributed by atoms with Crippen molar-refractivity contribution in [3.05, 3.63) is 0 Å². The van der Waals surface area contributed by atoms with Gasteiger partial charge in [-0.1, -0.05) is 0 Å². The lowest BCUT2D eigenvalue weighted by molar-refractivity contribution is -0.138. The summed E-state index contributed by atoms with van der Waals surface area (Å²) in [5.41, 5.74) is 0. The van der Waals surface area contributed by atoms with Gasteiger partial charge in [0.15, 0.2) is 6.29 Å². The van der Waals surface area contributed by atoms with Gasteiger partial charge in [-0.2, -0.15) is 0 Å². The molecular formula is C9H17NO4. The summed E-state index contributed by atoms with van der Waals surface area (Å²) in [4.78, 5) is 10.9. The van der Waals surface area contributed by atoms with Crippen molar-refractivity contribution in [3.8, 4) is 0 Å². The van der Waals surface area contributed by atoms with Gasteiger partial charge in [0.05, 0.1) is 12.1 Å². The Kier molecular flexibility index (Phi) is 3.86. The molecule has 4 unspecified atom stereocenters. The average molecular weight is 203 g/mol. The number of aliphatic hydroxyl groups excluding tert-OH is 1. The number of carbonyl (C=O) groups is 1. The lowest BCUT2D eigenvalue weighted by atomic mass is 10.1. The fraction of sp³-hybridized carbons (Fsp3) is 0.889. The van der Waals surface area contributed by atoms with Crippen LogP contribution in [-0.2, 0) is 14.3 Å². The molecular weight excluding hydrogens is 186 g/mol. The third-order valence-corrected chi connectivity index (χ3v) is 2.28. The second kappa shape index (κ2) is 4.72. The highest BCUT2D eigenvalue weighted by molar-refractivity contribution is 5.73. The van der Waals surface area contributed by atoms with E-state index >= 15 is 0 Å². The van der Waals surface area contributed by atoms with E-state index in [0.29, 0.717) is 6.42 Å². The Labute approximate surface area is 83.4 Å². The number of nitrogens with one attached hydrogen (secondary N) is 1. The van der Waals surface area contributed by atoms with Crippen LogP contribution in [0.2, 0.25) is 0 Å². The topological polar surface area (TPSA) is 67.8 Å². The number of methoxy groups -OCH3 is 1. The summed E-state index contributed by atoms with van der Waals surface area (Å²) in [5, 5.41) is 12.2. The predicted octanol–water partition coefficient (Wildman–Crippen LogP) is -0.367. The summed E-state index contributed by atoms with van der Waals surface area (Å²) in [6, 6.07) is -0.169. The van der Waals surface area contributed by atoms with Gasteiger partial charge in [-0.3, -0.25) is 4.79 Å². The molecule has 0 saturated carbocycles. The van der Waals surface area contributed by atoms with Crippen LogP contribution in [0.25, 0.3) is 0 Å². The molecule has 82 valence electrons. The lowest BCUT2D eigenvalue weighted by Gasteiger charge is -2.20. The number of carbonyl (C=O) groups excluding carboxylic acids is 1. The summed E-state index contributed by atoms with van der Waals surface area (Å²) >= 11 is 0. The molecule has 4 atom stereocenters. The Bertz CT molecular complexity index is 207. The maximum Gasteiger partial charge on any atom is 0.217 e. The van der Waals surface area contributed by atoms with Gasteiger partial charge < -0.3 is 19.9 Å². The zero-order valence-electron chi connectivity index (χ0n) is 8.69. The van der Waals surface area contributed by atoms with Crippen molar-refractivity contribution >= 4 is 5.91 Å². The quantitative estimate of drug-likeness (QED) is 0.657. The first kappa shape index (κ1) is 11.4. The van der Waals surface area contributed by atoms with Gasteiger partial charge in [-0.05, 0) is 6.92 Å². The first-order valence-corrected chi connectivity index (χ1v) is 4.68. The summed E-state index contributed by atoms with van der Waals surface area (Å²) in [5.74, 6) is -0.124. The van der Waals surface area contributed by atoms with Gasteiger partial charge in [0.2, 0.25) is 5.91 Å². The van der Waals surface area contributed by atoms with Crippen molar-refractivity contribution in [1.29, 1.82) is 0 Å². The Balaban J connectivity index is 2.57. The van der Waals surface area contributed by atoms with Crippen molar-refractivity contribution in [3.63, 3.8) is 0 Å². The largest absolute Gasteiger partial charge is 0.391 e. The molecule has 0 aliphatic carbocycles. The van der Waals surface area contributed by atoms with Crippen LogP contribution in [0.1, 0.15) is 20.3 Å². The molecule has 0 aromatic carbocycles. The molecule has 1 rings (SSSR count). The minimum absolute atomic E-state index is 0.124. The number of hydrogen-bond acceptors (Lipinski definition) is 4. The van der Waals surface area contributed by atoms with Crippen LogP contribution in [-0.4, -0.2) is 42.7 Å². The molecule has 0 bridgehead atoms. The van der Waals surface area contributed by atoms with Gasteiger partial charge in [0, 0.05) is 20.5 Å². The fourth-order valence-corrected chi connectivity index (χ4v) is 1.67. The molecule has 1 amide bonds. The molecule has 14 heavy (non-hydrogen) atoms. The first-order valence-electron chi connectivity index (χ1n) is 4.68. The van der Waals surface area contributed by atoms with E-state index < -0.39 is 6.10 Å². The molecule has 5 heteroatoms. The summed E-state index contributed by atoms with van der Waals surface area (Å²) in [6.45, 7) is 3.08. The monoisotopic (exact) mass is 203 g/mol. The third kappa shape index (κ3) is 2.67. The molecule has 0 spiro atoms. The van der Waals surface area contributed by atoms with E-state index in [9.17, 15) is 9.90 Å². The Hall–Kier alpha value is -0.650. The lowest BCUT2D eigenvalue weighted by Crippen LogP contribution is -2.44. The average Bonchev–Trinajstić information content (AvgIpc) is 2.46. The number of hydrogen-bond donors (Lipinski definition) is 2. The van der Waals surface area contributed by atoms with Crippen LogP contribution in [0.15, 0.2) is 0 Å². The number of amides is 1. The highest BCUT2D eigenvalue weighted by atomic mass is 16.7. The van der Waals surface area contributed by atoms with Crippen LogP contribution in [0.4, 0.5) is 0 Å². The summed E-state index contributed by atoms with van der Waals surface area (Å²) in [6.07, 6.45) is -0.770. The zero-order chi connectivity index (χ0) is 10.7. The van der Waals surface area contributed by atoms with Gasteiger partial charge in [0.1, 0.15) is 6.10 Å². The number of aliphatic hydroxyl groups is 1. The first-order chi connectivity index (χ1) is 6.54. The molecule has 0 aromatic heterocycles. The van der Waals surface area contributed by atoms with E-state index in [-0.39, 0.29) is 24.3 Å². The van der Waals surface area contributed by atoms with Crippen LogP contribution in [0, 0.1) is 0 Å². The van der Waals surface area contributed by atoms with Gasteiger partial charge in [-0.15, -0.1) is 0 Å². The fourth-order valence-electron chi connectivity index (χ4n) is 1.67. The van der Waals surface area contributed by atoms with Crippen LogP contribution < -0.4 is 5.32 Å². The predicted molar refractivity (Wildman–Crippen MR) is 49.6 cm³/mol. The Morgan fingerprint density at radius 3 is 2.79 bits per heavy atom. The molecule has 1 saturated heterocycles. The van der Waals surface area contributed by atoms with E-state index in [1.165, 1.54) is 6.92 Å². The molecule has 5 nitrogen and oxygen atoms in total. The van der Waals surface area contributed by atoms with Crippen molar-refractivity contribution < 1.29 is 19.4 Å². The van der Waals surface area contributed by atoms with Gasteiger partial charge >= 0.3 is 0 Å². The van der Waals surface area contributed by atoms with Gasteiger partial charge in [-0.25, -0.2) is 0 Å². The second-order valence-corrected chi connectivity index (χ2v) is 3.55. The van der Waals surface area contributed by atoms with E-state index in [1.807, 2.05) is 0 Å². The highest BCUT2D eigenvalue weighted by Gasteiger charge is 2.38. The normalized spacial score (nSPS) is 34.1. The van der Waals surface area contributed by atoms with Crippen molar-refractivity contribution in [2.75, 3.05) is 7.11 Å². The van der Waals surface area contributed by atoms with Crippen LogP contribution >= 0.6 is 0 Å². The highest BCUT2D eigenvalue weighted by Crippen LogP contribution is 2.23. The summed E-state index contributed by atoms with van der Waals surface area (Å²) in [7, 11) is 1.54. The Morgan fingerprint density at radius 2 is 2.36 bits per heavy atom. The molecule has 1 aliphatic rings. The van der Waals surface area contributed by atoms with Crippen molar-refractivity contribution in [1.82, 2.24) is 5.32 Å². The molecule has 1 heterocycles. The van der Waals surface area contributed by atoms with E-state index in [4.69, 9.17) is 9.47 Å². The molecule has 1 fully saturated rings. The van der Waals surface area contributed by atoms with Gasteiger partial charge in [0.25, 0.3) is 0 Å². The zero-order valence-corrected chi connectivity index (χ0v) is 8.69. The van der Waals surface area contributed by atoms with E-state index in [0.717, 1.165) is 0 Å². The molecule has 0 radical (unpaired) electrons. The maximum absolute atomic E-state index is 10.9. The second-order valence-electron chi connectivity index (χ2n) is 3.55. The summed E-state index contributed by atoms with van der Waals surface area (Å²) < 4.78 is 10.4. The minimum atomic E-state index is -0.619. The third-order valence-electron chi connectivity index (χ3n) is 2.28. The van der Waals surface area contributed by atoms with E-state index in [1.54, 1.807) is 14.0 Å². The standard InChI is InChI=1S/C9H17NO4/c1-5(11)9-7(10-6(2)12)4-8(13-3)14-9/h5,7-9,11H,4H2,1-3H3,(H,10,12). The smallest absolute Gasteiger partial charge is 0.217 e. The van der Waals surface area contributed by atoms with Crippen molar-refractivity contribution in [2.45, 2.75) is 44.8 Å². The maximum atomic E-state index is 10.9. The Morgan fingerprint density at radius 1 is 1.71 bits per heavy atom. The van der Waals surface area contributed by atoms with Crippen molar-refractivity contribution in [2.24, 2.45) is 0 Å². The number of rotatable bonds is 3. The SMILES string of the molecule is COC1CC(NC(C)=O)C(C(C)O)O1. The number of ether oxygens (including phenoxy) is 2. The van der Waals surface area contributed by atoms with E-state index in [2.05, 4.69) is 5.32 Å². The molecule has 1 aliphatic heterocycles.